The topological polar surface area (TPSA) is 320 Å². The summed E-state index contributed by atoms with van der Waals surface area (Å²) in [6.45, 7) is -1.45. The number of ether oxygens (including phenoxy) is 2. The van der Waals surface area contributed by atoms with E-state index in [4.69, 9.17) is 34.5 Å². The van der Waals surface area contributed by atoms with Gasteiger partial charge < -0.3 is 45.5 Å². The standard InChI is InChI=1S/C21H26N10O12P2/c22-15-10-16(25-4-24-15)30(5-26-10)20-13(33)14-9(42-20)2-39-44(35,36)3-7-12(32)8(1-40-45(37,38)43-14)41-19(7)31-6-27-11-17(31)28-21(23)29-18(11)34/h4-9,12-14,19-20,32-33H,1-3H2,(H,35,36)(H,37,38)(H2,22,24,25)(H3,23,28,29,34)/t7-,8+,9+,12?,13?,14-,19+,20+/m0/s1. The molecule has 0 aromatic carbocycles. The molecular formula is C21H26N10O12P2. The first-order valence-corrected chi connectivity index (χ1v) is 16.5. The maximum absolute atomic E-state index is 13.4. The molecule has 7 rings (SSSR count). The van der Waals surface area contributed by atoms with E-state index in [1.54, 1.807) is 0 Å². The van der Waals surface area contributed by atoms with Gasteiger partial charge in [0.2, 0.25) is 5.95 Å². The number of nitrogens with zero attached hydrogens (tertiary/aromatic N) is 7. The average molecular weight is 672 g/mol. The van der Waals surface area contributed by atoms with Crippen LogP contribution in [0.25, 0.3) is 22.3 Å². The Morgan fingerprint density at radius 1 is 0.889 bits per heavy atom. The van der Waals surface area contributed by atoms with Gasteiger partial charge in [-0.15, -0.1) is 0 Å². The molecule has 0 amide bonds. The van der Waals surface area contributed by atoms with Crippen LogP contribution in [-0.4, -0.2) is 109 Å². The third-order valence-corrected chi connectivity index (χ3v) is 10.2. The van der Waals surface area contributed by atoms with Crippen LogP contribution in [-0.2, 0) is 32.2 Å². The zero-order valence-corrected chi connectivity index (χ0v) is 24.5. The molecule has 4 unspecified atom stereocenters. The van der Waals surface area contributed by atoms with Gasteiger partial charge in [-0.1, -0.05) is 0 Å². The van der Waals surface area contributed by atoms with Gasteiger partial charge in [0.25, 0.3) is 5.56 Å². The van der Waals surface area contributed by atoms with Gasteiger partial charge in [-0.05, 0) is 0 Å². The van der Waals surface area contributed by atoms with Crippen molar-refractivity contribution in [3.63, 3.8) is 0 Å². The van der Waals surface area contributed by atoms with Crippen molar-refractivity contribution in [2.24, 2.45) is 5.92 Å². The van der Waals surface area contributed by atoms with Crippen molar-refractivity contribution in [3.8, 4) is 0 Å². The van der Waals surface area contributed by atoms with Gasteiger partial charge in [-0.3, -0.25) is 32.5 Å². The minimum atomic E-state index is -5.02. The number of phosphoric acid groups is 1. The number of fused-ring (bicyclic) bond motifs is 5. The van der Waals surface area contributed by atoms with Gasteiger partial charge in [0.1, 0.15) is 42.5 Å². The Morgan fingerprint density at radius 2 is 1.58 bits per heavy atom. The molecule has 2 bridgehead atoms. The molecule has 4 aromatic heterocycles. The predicted molar refractivity (Wildman–Crippen MR) is 147 cm³/mol. The Kier molecular flexibility index (Phi) is 7.30. The van der Waals surface area contributed by atoms with Gasteiger partial charge in [0.05, 0.1) is 38.1 Å². The van der Waals surface area contributed by atoms with Crippen molar-refractivity contribution in [1.29, 1.82) is 0 Å². The average Bonchev–Trinajstić information content (AvgIpc) is 3.72. The minimum Gasteiger partial charge on any atom is -0.390 e. The summed E-state index contributed by atoms with van der Waals surface area (Å²) in [7, 11) is -9.64. The first-order chi connectivity index (χ1) is 21.3. The summed E-state index contributed by atoms with van der Waals surface area (Å²) in [5, 5.41) is 22.3. The molecule has 0 spiro atoms. The van der Waals surface area contributed by atoms with Crippen LogP contribution in [0.3, 0.4) is 0 Å². The van der Waals surface area contributed by atoms with E-state index in [1.807, 2.05) is 0 Å². The molecule has 3 fully saturated rings. The highest BCUT2D eigenvalue weighted by Crippen LogP contribution is 2.54. The van der Waals surface area contributed by atoms with Crippen LogP contribution in [0.1, 0.15) is 12.5 Å². The second-order valence-corrected chi connectivity index (χ2v) is 13.9. The normalized spacial score (nSPS) is 37.7. The van der Waals surface area contributed by atoms with E-state index in [0.717, 1.165) is 6.33 Å². The fourth-order valence-corrected chi connectivity index (χ4v) is 8.05. The monoisotopic (exact) mass is 672 g/mol. The zero-order chi connectivity index (χ0) is 31.8. The summed E-state index contributed by atoms with van der Waals surface area (Å²) in [4.78, 5) is 56.3. The Labute approximate surface area is 250 Å². The van der Waals surface area contributed by atoms with Crippen LogP contribution in [0.2, 0.25) is 0 Å². The van der Waals surface area contributed by atoms with E-state index in [2.05, 4.69) is 29.9 Å². The summed E-state index contributed by atoms with van der Waals surface area (Å²) in [6.07, 6.45) is -7.29. The van der Waals surface area contributed by atoms with Crippen molar-refractivity contribution in [2.75, 3.05) is 30.8 Å². The Bertz CT molecular complexity index is 1940. The number of aromatic nitrogens is 8. The summed E-state index contributed by atoms with van der Waals surface area (Å²) in [5.74, 6) is -1.41. The van der Waals surface area contributed by atoms with E-state index < -0.39 is 89.2 Å². The lowest BCUT2D eigenvalue weighted by Gasteiger charge is -2.25. The highest BCUT2D eigenvalue weighted by Gasteiger charge is 2.53. The smallest absolute Gasteiger partial charge is 0.390 e. The fourth-order valence-electron chi connectivity index (χ4n) is 5.67. The van der Waals surface area contributed by atoms with E-state index in [1.165, 1.54) is 21.8 Å². The number of phosphoric ester groups is 1. The van der Waals surface area contributed by atoms with Crippen LogP contribution in [0.4, 0.5) is 11.8 Å². The SMILES string of the molecule is Nc1nc2c(ncn2[C@@H]2O[C@@H]3COP(=O)(O)O[C@@H]4C(O)[C@H](n5cnc6c(N)ncnc65)O[C@@H]4COP(=O)(O)C[C@H]2C3O)c(=O)[nH]1. The van der Waals surface area contributed by atoms with E-state index in [-0.39, 0.29) is 34.1 Å². The molecule has 10 atom stereocenters. The number of hydrogen-bond acceptors (Lipinski definition) is 17. The second-order valence-electron chi connectivity index (χ2n) is 10.6. The van der Waals surface area contributed by atoms with Crippen LogP contribution < -0.4 is 17.0 Å². The Morgan fingerprint density at radius 3 is 2.36 bits per heavy atom. The van der Waals surface area contributed by atoms with Crippen LogP contribution in [0.5, 0.6) is 0 Å². The number of anilines is 2. The van der Waals surface area contributed by atoms with Crippen molar-refractivity contribution < 1.29 is 52.2 Å². The number of nitrogens with two attached hydrogens (primary N) is 2. The number of H-pyrrole nitrogens is 1. The van der Waals surface area contributed by atoms with Crippen molar-refractivity contribution in [2.45, 2.75) is 43.0 Å². The molecule has 0 radical (unpaired) electrons. The van der Waals surface area contributed by atoms with Gasteiger partial charge >= 0.3 is 15.4 Å². The second kappa shape index (κ2) is 10.9. The number of imidazole rings is 2. The molecule has 3 saturated heterocycles. The number of hydrogen-bond donors (Lipinski definition) is 7. The highest BCUT2D eigenvalue weighted by molar-refractivity contribution is 7.52. The summed E-state index contributed by atoms with van der Waals surface area (Å²) >= 11 is 0. The number of nitrogen functional groups attached to an aromatic ring is 2. The lowest BCUT2D eigenvalue weighted by atomic mass is 10.0. The lowest BCUT2D eigenvalue weighted by Crippen LogP contribution is -2.36. The Balaban J connectivity index is 1.21. The highest BCUT2D eigenvalue weighted by atomic mass is 31.2. The fraction of sp³-hybridized carbons (Fsp3) is 0.524. The molecule has 9 N–H and O–H groups in total. The summed E-state index contributed by atoms with van der Waals surface area (Å²) < 4.78 is 56.6. The number of nitrogens with one attached hydrogen (secondary N) is 1. The quantitative estimate of drug-likeness (QED) is 0.113. The van der Waals surface area contributed by atoms with E-state index >= 15 is 0 Å². The van der Waals surface area contributed by atoms with E-state index in [9.17, 15) is 33.9 Å². The van der Waals surface area contributed by atoms with Crippen LogP contribution in [0, 0.1) is 5.92 Å². The maximum Gasteiger partial charge on any atom is 0.472 e. The van der Waals surface area contributed by atoms with Gasteiger partial charge in [0, 0.05) is 5.92 Å². The molecule has 24 heteroatoms. The van der Waals surface area contributed by atoms with Gasteiger partial charge in [0.15, 0.2) is 28.9 Å². The van der Waals surface area contributed by atoms with Gasteiger partial charge in [-0.25, -0.2) is 24.5 Å². The molecule has 45 heavy (non-hydrogen) atoms. The van der Waals surface area contributed by atoms with Crippen molar-refractivity contribution >= 4 is 49.5 Å². The summed E-state index contributed by atoms with van der Waals surface area (Å²) in [6, 6.07) is 0. The number of aromatic amines is 1. The predicted octanol–water partition coefficient (Wildman–Crippen LogP) is -2.03. The first-order valence-electron chi connectivity index (χ1n) is 13.3. The van der Waals surface area contributed by atoms with Crippen LogP contribution in [0.15, 0.2) is 23.8 Å². The molecule has 0 aliphatic carbocycles. The minimum absolute atomic E-state index is 0.0488. The molecule has 0 saturated carbocycles. The molecular weight excluding hydrogens is 646 g/mol. The van der Waals surface area contributed by atoms with Crippen molar-refractivity contribution in [1.82, 2.24) is 39.0 Å². The third kappa shape index (κ3) is 5.32. The number of rotatable bonds is 2. The molecule has 242 valence electrons. The number of aliphatic hydroxyl groups excluding tert-OH is 2. The number of aliphatic hydroxyl groups is 2. The first kappa shape index (κ1) is 30.3. The van der Waals surface area contributed by atoms with Gasteiger partial charge in [-0.2, -0.15) is 4.98 Å². The zero-order valence-electron chi connectivity index (χ0n) is 22.7. The maximum atomic E-state index is 13.4. The molecule has 3 aliphatic heterocycles. The summed E-state index contributed by atoms with van der Waals surface area (Å²) in [5.41, 5.74) is 11.1. The third-order valence-electron chi connectivity index (χ3n) is 7.73. The Hall–Kier alpha value is -3.40. The molecule has 22 nitrogen and oxygen atoms in total. The molecule has 7 heterocycles. The largest absolute Gasteiger partial charge is 0.472 e. The molecule has 4 aromatic rings. The molecule has 3 aliphatic rings. The van der Waals surface area contributed by atoms with Crippen molar-refractivity contribution in [3.05, 3.63) is 29.3 Å². The lowest BCUT2D eigenvalue weighted by molar-refractivity contribution is -0.0558. The van der Waals surface area contributed by atoms with E-state index in [0.29, 0.717) is 0 Å². The van der Waals surface area contributed by atoms with Crippen LogP contribution >= 0.6 is 15.4 Å².